The van der Waals surface area contributed by atoms with Crippen LogP contribution in [-0.4, -0.2) is 29.6 Å². The van der Waals surface area contributed by atoms with Crippen LogP contribution in [-0.2, 0) is 0 Å². The molecule has 0 aliphatic carbocycles. The van der Waals surface area contributed by atoms with E-state index in [2.05, 4.69) is 28.8 Å². The van der Waals surface area contributed by atoms with Crippen molar-refractivity contribution < 1.29 is 5.11 Å². The Morgan fingerprint density at radius 2 is 2.06 bits per heavy atom. The molecule has 0 aromatic rings. The third-order valence-electron chi connectivity index (χ3n) is 2.28. The van der Waals surface area contributed by atoms with Crippen molar-refractivity contribution in [3.05, 3.63) is 12.7 Å². The van der Waals surface area contributed by atoms with Crippen LogP contribution in [0, 0.1) is 5.92 Å². The van der Waals surface area contributed by atoms with Crippen LogP contribution in [0.4, 0.5) is 0 Å². The molecule has 0 aromatic carbocycles. The molecule has 98 valence electrons. The normalized spacial score (nSPS) is 16.2. The van der Waals surface area contributed by atoms with Crippen LogP contribution >= 0.6 is 0 Å². The average molecular weight is 239 g/mol. The predicted molar refractivity (Wildman–Crippen MR) is 74.5 cm³/mol. The number of hydrogen-bond donors (Lipinski definition) is 2. The van der Waals surface area contributed by atoms with Gasteiger partial charge in [0.15, 0.2) is 0 Å². The second-order valence-electron chi connectivity index (χ2n) is 4.15. The van der Waals surface area contributed by atoms with Gasteiger partial charge in [-0.15, -0.1) is 6.58 Å². The van der Waals surface area contributed by atoms with Gasteiger partial charge in [-0.25, -0.2) is 9.98 Å². The molecule has 0 heterocycles. The summed E-state index contributed by atoms with van der Waals surface area (Å²) in [4.78, 5) is 8.07. The third kappa shape index (κ3) is 6.89. The van der Waals surface area contributed by atoms with Crippen LogP contribution in [0.15, 0.2) is 22.6 Å². The molecule has 0 rings (SSSR count). The smallest absolute Gasteiger partial charge is 0.244 e. The summed E-state index contributed by atoms with van der Waals surface area (Å²) in [6.07, 6.45) is 4.23. The van der Waals surface area contributed by atoms with Crippen molar-refractivity contribution in [3.8, 4) is 0 Å². The Morgan fingerprint density at radius 3 is 2.47 bits per heavy atom. The Kier molecular flexibility index (Phi) is 8.32. The molecule has 0 fully saturated rings. The maximum absolute atomic E-state index is 9.61. The Bertz CT molecular complexity index is 272. The lowest BCUT2D eigenvalue weighted by atomic mass is 10.1. The van der Waals surface area contributed by atoms with Crippen LogP contribution in [0.25, 0.3) is 0 Å². The maximum Gasteiger partial charge on any atom is 0.244 e. The van der Waals surface area contributed by atoms with Gasteiger partial charge in [-0.05, 0) is 12.8 Å². The van der Waals surface area contributed by atoms with E-state index in [0.717, 1.165) is 18.7 Å². The van der Waals surface area contributed by atoms with E-state index >= 15 is 0 Å². The van der Waals surface area contributed by atoms with Gasteiger partial charge in [0.25, 0.3) is 0 Å². The van der Waals surface area contributed by atoms with E-state index in [9.17, 15) is 5.11 Å². The molecule has 0 aromatic heterocycles. The fraction of sp³-hybridized carbons (Fsp3) is 0.692. The molecule has 0 aliphatic heterocycles. The fourth-order valence-corrected chi connectivity index (χ4v) is 1.23. The maximum atomic E-state index is 9.61. The Labute approximate surface area is 105 Å². The topological polar surface area (TPSA) is 57.0 Å². The molecule has 0 amide bonds. The minimum Gasteiger partial charge on any atom is -0.367 e. The van der Waals surface area contributed by atoms with Crippen molar-refractivity contribution in [2.45, 2.75) is 52.9 Å². The number of aliphatic imine (C=N–C) groups is 2. The van der Waals surface area contributed by atoms with Crippen molar-refractivity contribution >= 4 is 12.1 Å². The number of nitrogens with zero attached hydrogens (tertiary/aromatic N) is 2. The zero-order chi connectivity index (χ0) is 13.3. The van der Waals surface area contributed by atoms with Gasteiger partial charge in [0.1, 0.15) is 5.84 Å². The van der Waals surface area contributed by atoms with E-state index in [-0.39, 0.29) is 12.0 Å². The van der Waals surface area contributed by atoms with Gasteiger partial charge < -0.3 is 10.4 Å². The summed E-state index contributed by atoms with van der Waals surface area (Å²) in [6, 6.07) is 0.179. The zero-order valence-corrected chi connectivity index (χ0v) is 11.3. The molecule has 4 nitrogen and oxygen atoms in total. The summed E-state index contributed by atoms with van der Waals surface area (Å²) in [6.45, 7) is 11.9. The second-order valence-corrected chi connectivity index (χ2v) is 4.15. The molecule has 0 saturated heterocycles. The molecule has 2 atom stereocenters. The Hall–Kier alpha value is -1.16. The predicted octanol–water partition coefficient (Wildman–Crippen LogP) is 2.35. The summed E-state index contributed by atoms with van der Waals surface area (Å²) in [5, 5.41) is 12.9. The van der Waals surface area contributed by atoms with Crippen LogP contribution in [0.3, 0.4) is 0 Å². The van der Waals surface area contributed by atoms with Crippen molar-refractivity contribution in [1.29, 1.82) is 0 Å². The summed E-state index contributed by atoms with van der Waals surface area (Å²) >= 11 is 0. The van der Waals surface area contributed by atoms with Gasteiger partial charge in [0, 0.05) is 18.2 Å². The van der Waals surface area contributed by atoms with E-state index in [0.29, 0.717) is 0 Å². The molecule has 0 radical (unpaired) electrons. The SMILES string of the molecule is C=CC(CC)NC(=NC(O)N=CCC)C(C)C. The van der Waals surface area contributed by atoms with E-state index in [1.54, 1.807) is 6.21 Å². The van der Waals surface area contributed by atoms with Crippen molar-refractivity contribution in [1.82, 2.24) is 5.32 Å². The van der Waals surface area contributed by atoms with Crippen molar-refractivity contribution in [3.63, 3.8) is 0 Å². The van der Waals surface area contributed by atoms with E-state index in [1.807, 2.05) is 26.8 Å². The van der Waals surface area contributed by atoms with Crippen molar-refractivity contribution in [2.75, 3.05) is 0 Å². The Balaban J connectivity index is 4.66. The van der Waals surface area contributed by atoms with E-state index in [4.69, 9.17) is 0 Å². The van der Waals surface area contributed by atoms with Gasteiger partial charge in [0.05, 0.1) is 0 Å². The quantitative estimate of drug-likeness (QED) is 0.407. The highest BCUT2D eigenvalue weighted by Crippen LogP contribution is 2.02. The van der Waals surface area contributed by atoms with Gasteiger partial charge >= 0.3 is 0 Å². The average Bonchev–Trinajstić information content (AvgIpc) is 2.31. The van der Waals surface area contributed by atoms with Crippen LogP contribution in [0.2, 0.25) is 0 Å². The lowest BCUT2D eigenvalue weighted by molar-refractivity contribution is 0.194. The highest BCUT2D eigenvalue weighted by atomic mass is 16.3. The summed E-state index contributed by atoms with van der Waals surface area (Å²) in [7, 11) is 0. The number of aliphatic hydroxyl groups excluding tert-OH is 1. The third-order valence-corrected chi connectivity index (χ3v) is 2.28. The molecule has 2 N–H and O–H groups in total. The molecule has 0 saturated carbocycles. The Morgan fingerprint density at radius 1 is 1.41 bits per heavy atom. The first-order valence-corrected chi connectivity index (χ1v) is 6.21. The van der Waals surface area contributed by atoms with Gasteiger partial charge in [0.2, 0.25) is 6.35 Å². The highest BCUT2D eigenvalue weighted by Gasteiger charge is 2.10. The van der Waals surface area contributed by atoms with Gasteiger partial charge in [-0.3, -0.25) is 0 Å². The van der Waals surface area contributed by atoms with Crippen LogP contribution < -0.4 is 5.32 Å². The molecule has 0 aliphatic rings. The number of aliphatic hydroxyl groups is 1. The molecular weight excluding hydrogens is 214 g/mol. The number of rotatable bonds is 7. The first kappa shape index (κ1) is 15.8. The monoisotopic (exact) mass is 239 g/mol. The van der Waals surface area contributed by atoms with Gasteiger partial charge in [-0.1, -0.05) is 33.8 Å². The zero-order valence-electron chi connectivity index (χ0n) is 11.3. The second kappa shape index (κ2) is 8.93. The summed E-state index contributed by atoms with van der Waals surface area (Å²) in [5.74, 6) is 0.980. The lowest BCUT2D eigenvalue weighted by Crippen LogP contribution is -2.36. The number of hydrogen-bond acceptors (Lipinski definition) is 3. The molecular formula is C13H25N3O. The highest BCUT2D eigenvalue weighted by molar-refractivity contribution is 5.84. The van der Waals surface area contributed by atoms with Crippen LogP contribution in [0.5, 0.6) is 0 Å². The number of amidine groups is 1. The standard InChI is InChI=1S/C13H25N3O/c1-6-9-14-13(17)16-12(10(4)5)15-11(7-2)8-3/h7,9-11,13,17H,2,6,8H2,1,3-5H3,(H,15,16). The van der Waals surface area contributed by atoms with Crippen molar-refractivity contribution in [2.24, 2.45) is 15.9 Å². The minimum atomic E-state index is -1.01. The van der Waals surface area contributed by atoms with Gasteiger partial charge in [-0.2, -0.15) is 0 Å². The number of nitrogens with one attached hydrogen (secondary N) is 1. The lowest BCUT2D eigenvalue weighted by Gasteiger charge is -2.19. The summed E-state index contributed by atoms with van der Waals surface area (Å²) < 4.78 is 0. The minimum absolute atomic E-state index is 0.179. The van der Waals surface area contributed by atoms with E-state index in [1.165, 1.54) is 0 Å². The molecule has 2 unspecified atom stereocenters. The molecule has 4 heteroatoms. The first-order chi connectivity index (χ1) is 8.04. The molecule has 0 spiro atoms. The summed E-state index contributed by atoms with van der Waals surface area (Å²) in [5.41, 5.74) is 0. The fourth-order valence-electron chi connectivity index (χ4n) is 1.23. The molecule has 17 heavy (non-hydrogen) atoms. The van der Waals surface area contributed by atoms with E-state index < -0.39 is 6.35 Å². The molecule has 0 bridgehead atoms. The largest absolute Gasteiger partial charge is 0.367 e. The van der Waals surface area contributed by atoms with Crippen LogP contribution in [0.1, 0.15) is 40.5 Å². The first-order valence-electron chi connectivity index (χ1n) is 6.21.